The van der Waals surface area contributed by atoms with E-state index in [1.54, 1.807) is 18.2 Å². The highest BCUT2D eigenvalue weighted by atomic mass is 16.4. The third kappa shape index (κ3) is 2.81. The quantitative estimate of drug-likeness (QED) is 0.431. The van der Waals surface area contributed by atoms with Crippen LogP contribution in [0.1, 0.15) is 5.56 Å². The Bertz CT molecular complexity index is 446. The van der Waals surface area contributed by atoms with Gasteiger partial charge in [0.2, 0.25) is 5.71 Å². The van der Waals surface area contributed by atoms with E-state index in [4.69, 9.17) is 10.5 Å². The highest BCUT2D eigenvalue weighted by Crippen LogP contribution is 2.09. The van der Waals surface area contributed by atoms with Crippen LogP contribution in [0.2, 0.25) is 0 Å². The van der Waals surface area contributed by atoms with Gasteiger partial charge in [-0.2, -0.15) is 5.26 Å². The van der Waals surface area contributed by atoms with Crippen LogP contribution in [0.3, 0.4) is 0 Å². The van der Waals surface area contributed by atoms with Gasteiger partial charge in [-0.15, -0.1) is 0 Å². The summed E-state index contributed by atoms with van der Waals surface area (Å²) >= 11 is 0. The monoisotopic (exact) mass is 203 g/mol. The Morgan fingerprint density at radius 3 is 2.87 bits per heavy atom. The molecule has 0 bridgehead atoms. The summed E-state index contributed by atoms with van der Waals surface area (Å²) in [4.78, 5) is 11.3. The Morgan fingerprint density at radius 1 is 1.60 bits per heavy atom. The van der Waals surface area contributed by atoms with E-state index in [1.165, 1.54) is 6.07 Å². The van der Waals surface area contributed by atoms with Gasteiger partial charge in [-0.05, 0) is 24.6 Å². The van der Waals surface area contributed by atoms with E-state index >= 15 is 0 Å². The standard InChI is InChI=1S/C10H9N3O2/c1-7-3-2-4-8(5-7)12-10(14)9(6-11)13-15/h2-5,15H,1H3,(H,12,14)/b13-9+. The van der Waals surface area contributed by atoms with Gasteiger partial charge < -0.3 is 10.5 Å². The smallest absolute Gasteiger partial charge is 0.288 e. The molecule has 0 aliphatic carbocycles. The molecule has 0 saturated heterocycles. The molecule has 0 unspecified atom stereocenters. The third-order valence-corrected chi connectivity index (χ3v) is 1.70. The molecule has 0 saturated carbocycles. The summed E-state index contributed by atoms with van der Waals surface area (Å²) < 4.78 is 0. The molecule has 1 aromatic carbocycles. The van der Waals surface area contributed by atoms with Crippen LogP contribution >= 0.6 is 0 Å². The predicted molar refractivity (Wildman–Crippen MR) is 54.6 cm³/mol. The first kappa shape index (κ1) is 10.7. The van der Waals surface area contributed by atoms with Crippen LogP contribution in [0.25, 0.3) is 0 Å². The molecule has 1 aromatic rings. The number of nitrogens with one attached hydrogen (secondary N) is 1. The van der Waals surface area contributed by atoms with Crippen molar-refractivity contribution in [2.24, 2.45) is 5.16 Å². The first-order valence-electron chi connectivity index (χ1n) is 4.17. The van der Waals surface area contributed by atoms with E-state index in [1.807, 2.05) is 13.0 Å². The Balaban J connectivity index is 2.80. The molecular weight excluding hydrogens is 194 g/mol. The molecule has 1 amide bonds. The number of hydrogen-bond acceptors (Lipinski definition) is 4. The lowest BCUT2D eigenvalue weighted by Crippen LogP contribution is -2.21. The number of anilines is 1. The topological polar surface area (TPSA) is 85.5 Å². The van der Waals surface area contributed by atoms with Crippen LogP contribution < -0.4 is 5.32 Å². The number of carbonyl (C=O) groups excluding carboxylic acids is 1. The second-order valence-electron chi connectivity index (χ2n) is 2.88. The lowest BCUT2D eigenvalue weighted by Gasteiger charge is -2.03. The van der Waals surface area contributed by atoms with Gasteiger partial charge in [0.15, 0.2) is 0 Å². The normalized spacial score (nSPS) is 10.5. The summed E-state index contributed by atoms with van der Waals surface area (Å²) in [5, 5.41) is 21.8. The van der Waals surface area contributed by atoms with E-state index in [0.717, 1.165) is 5.56 Å². The maximum atomic E-state index is 11.3. The molecule has 0 heterocycles. The molecule has 0 aliphatic heterocycles. The number of hydrogen-bond donors (Lipinski definition) is 2. The summed E-state index contributed by atoms with van der Waals surface area (Å²) in [7, 11) is 0. The van der Waals surface area contributed by atoms with Crippen molar-refractivity contribution in [2.75, 3.05) is 5.32 Å². The molecular formula is C10H9N3O2. The molecule has 5 nitrogen and oxygen atoms in total. The molecule has 0 aliphatic rings. The van der Waals surface area contributed by atoms with E-state index in [2.05, 4.69) is 10.5 Å². The molecule has 0 radical (unpaired) electrons. The van der Waals surface area contributed by atoms with Crippen LogP contribution in [0, 0.1) is 18.3 Å². The minimum atomic E-state index is -0.731. The summed E-state index contributed by atoms with van der Waals surface area (Å²) in [6, 6.07) is 8.54. The number of nitrogens with zero attached hydrogens (tertiary/aromatic N) is 2. The summed E-state index contributed by atoms with van der Waals surface area (Å²) in [6.07, 6.45) is 0. The zero-order chi connectivity index (χ0) is 11.3. The number of nitriles is 1. The third-order valence-electron chi connectivity index (χ3n) is 1.70. The Labute approximate surface area is 86.6 Å². The van der Waals surface area contributed by atoms with Gasteiger partial charge in [-0.25, -0.2) is 0 Å². The van der Waals surface area contributed by atoms with Crippen molar-refractivity contribution in [2.45, 2.75) is 6.92 Å². The fourth-order valence-corrected chi connectivity index (χ4v) is 1.03. The van der Waals surface area contributed by atoms with Gasteiger partial charge in [0.05, 0.1) is 0 Å². The molecule has 0 aromatic heterocycles. The maximum Gasteiger partial charge on any atom is 0.288 e. The van der Waals surface area contributed by atoms with Gasteiger partial charge in [-0.1, -0.05) is 17.3 Å². The van der Waals surface area contributed by atoms with E-state index in [0.29, 0.717) is 5.69 Å². The van der Waals surface area contributed by atoms with Crippen LogP contribution in [0.15, 0.2) is 29.4 Å². The molecule has 76 valence electrons. The molecule has 2 N–H and O–H groups in total. The van der Waals surface area contributed by atoms with Crippen molar-refractivity contribution in [3.05, 3.63) is 29.8 Å². The van der Waals surface area contributed by atoms with Crippen molar-refractivity contribution in [3.63, 3.8) is 0 Å². The molecule has 0 fully saturated rings. The second kappa shape index (κ2) is 4.77. The number of rotatable bonds is 2. The number of amides is 1. The maximum absolute atomic E-state index is 11.3. The Morgan fingerprint density at radius 2 is 2.33 bits per heavy atom. The molecule has 0 spiro atoms. The number of oxime groups is 1. The summed E-state index contributed by atoms with van der Waals surface area (Å²) in [5.41, 5.74) is 0.958. The van der Waals surface area contributed by atoms with E-state index < -0.39 is 11.6 Å². The van der Waals surface area contributed by atoms with Crippen LogP contribution in [-0.4, -0.2) is 16.8 Å². The van der Waals surface area contributed by atoms with Crippen LogP contribution in [0.4, 0.5) is 5.69 Å². The second-order valence-corrected chi connectivity index (χ2v) is 2.88. The molecule has 1 rings (SSSR count). The number of carbonyl (C=O) groups is 1. The highest BCUT2D eigenvalue weighted by Gasteiger charge is 2.11. The van der Waals surface area contributed by atoms with Crippen molar-refractivity contribution >= 4 is 17.3 Å². The SMILES string of the molecule is Cc1cccc(NC(=O)/C(C#N)=N/O)c1. The average molecular weight is 203 g/mol. The Kier molecular flexibility index (Phi) is 3.41. The van der Waals surface area contributed by atoms with Crippen molar-refractivity contribution in [1.82, 2.24) is 0 Å². The zero-order valence-corrected chi connectivity index (χ0v) is 8.06. The minimum absolute atomic E-state index is 0.552. The fraction of sp³-hybridized carbons (Fsp3) is 0.100. The zero-order valence-electron chi connectivity index (χ0n) is 8.06. The van der Waals surface area contributed by atoms with E-state index in [9.17, 15) is 4.79 Å². The summed E-state index contributed by atoms with van der Waals surface area (Å²) in [5.74, 6) is -0.731. The van der Waals surface area contributed by atoms with Gasteiger partial charge >= 0.3 is 0 Å². The van der Waals surface area contributed by atoms with Crippen molar-refractivity contribution in [3.8, 4) is 6.07 Å². The van der Waals surface area contributed by atoms with Gasteiger partial charge in [0, 0.05) is 5.69 Å². The number of aryl methyl sites for hydroxylation is 1. The molecule has 0 atom stereocenters. The lowest BCUT2D eigenvalue weighted by molar-refractivity contribution is -0.110. The highest BCUT2D eigenvalue weighted by molar-refractivity contribution is 6.48. The van der Waals surface area contributed by atoms with Crippen molar-refractivity contribution < 1.29 is 10.0 Å². The Hall–Kier alpha value is -2.35. The lowest BCUT2D eigenvalue weighted by atomic mass is 10.2. The van der Waals surface area contributed by atoms with E-state index in [-0.39, 0.29) is 0 Å². The van der Waals surface area contributed by atoms with Gasteiger partial charge in [0.25, 0.3) is 5.91 Å². The van der Waals surface area contributed by atoms with Gasteiger partial charge in [0.1, 0.15) is 6.07 Å². The van der Waals surface area contributed by atoms with Crippen molar-refractivity contribution in [1.29, 1.82) is 5.26 Å². The largest absolute Gasteiger partial charge is 0.410 e. The minimum Gasteiger partial charge on any atom is -0.410 e. The molecule has 15 heavy (non-hydrogen) atoms. The average Bonchev–Trinajstić information content (AvgIpc) is 2.19. The first-order chi connectivity index (χ1) is 7.17. The van der Waals surface area contributed by atoms with Gasteiger partial charge in [-0.3, -0.25) is 4.79 Å². The van der Waals surface area contributed by atoms with Crippen LogP contribution in [-0.2, 0) is 4.79 Å². The van der Waals surface area contributed by atoms with Crippen LogP contribution in [0.5, 0.6) is 0 Å². The number of benzene rings is 1. The predicted octanol–water partition coefficient (Wildman–Crippen LogP) is 1.29. The summed E-state index contributed by atoms with van der Waals surface area (Å²) in [6.45, 7) is 1.88. The molecule has 5 heteroatoms. The first-order valence-corrected chi connectivity index (χ1v) is 4.17. The fourth-order valence-electron chi connectivity index (χ4n) is 1.03.